The molecule has 3 heteroatoms. The summed E-state index contributed by atoms with van der Waals surface area (Å²) in [5.74, 6) is 6.45. The summed E-state index contributed by atoms with van der Waals surface area (Å²) < 4.78 is 0. The third-order valence-corrected chi connectivity index (χ3v) is 0.970. The Labute approximate surface area is 59.9 Å². The van der Waals surface area contributed by atoms with Crippen LogP contribution in [0.5, 0.6) is 0 Å². The van der Waals surface area contributed by atoms with Crippen LogP contribution in [0.2, 0.25) is 0 Å². The number of hydrogen-bond donors (Lipinski definition) is 2. The summed E-state index contributed by atoms with van der Waals surface area (Å²) in [5, 5.41) is 2.91. The molecule has 3 nitrogen and oxygen atoms in total. The average molecular weight is 135 g/mol. The van der Waals surface area contributed by atoms with E-state index in [0.717, 1.165) is 5.82 Å². The highest BCUT2D eigenvalue weighted by atomic mass is 14.9. The van der Waals surface area contributed by atoms with Gasteiger partial charge in [-0.2, -0.15) is 0 Å². The predicted octanol–water partition coefficient (Wildman–Crippen LogP) is -0.0194. The third kappa shape index (κ3) is 1.92. The number of nitrogens with zero attached hydrogens (tertiary/aromatic N) is 1. The summed E-state index contributed by atoms with van der Waals surface area (Å²) in [5.41, 5.74) is 0. The lowest BCUT2D eigenvalue weighted by molar-refractivity contribution is 0.937. The summed E-state index contributed by atoms with van der Waals surface area (Å²) in [6.45, 7) is 0.695. The normalized spacial score (nSPS) is 8.50. The minimum absolute atomic E-state index is 0.695. The first-order chi connectivity index (χ1) is 4.93. The third-order valence-electron chi connectivity index (χ3n) is 0.970. The molecule has 52 valence electrons. The van der Waals surface area contributed by atoms with Crippen molar-refractivity contribution in [2.45, 2.75) is 0 Å². The van der Waals surface area contributed by atoms with Crippen LogP contribution in [-0.4, -0.2) is 23.6 Å². The molecule has 0 aliphatic rings. The molecule has 0 radical (unpaired) electrons. The molecule has 1 aromatic rings. The number of H-pyrrole nitrogens is 1. The van der Waals surface area contributed by atoms with E-state index in [1.165, 1.54) is 0 Å². The van der Waals surface area contributed by atoms with Crippen molar-refractivity contribution in [3.63, 3.8) is 0 Å². The Hall–Kier alpha value is -1.27. The smallest absolute Gasteiger partial charge is 0.182 e. The Morgan fingerprint density at radius 3 is 3.30 bits per heavy atom. The number of imidazole rings is 1. The van der Waals surface area contributed by atoms with Crippen LogP contribution in [0, 0.1) is 11.8 Å². The van der Waals surface area contributed by atoms with E-state index in [9.17, 15) is 0 Å². The molecule has 0 unspecified atom stereocenters. The highest BCUT2D eigenvalue weighted by molar-refractivity contribution is 5.20. The van der Waals surface area contributed by atoms with Gasteiger partial charge >= 0.3 is 0 Å². The second-order valence-electron chi connectivity index (χ2n) is 1.77. The molecule has 0 saturated heterocycles. The summed E-state index contributed by atoms with van der Waals surface area (Å²) >= 11 is 0. The Bertz CT molecular complexity index is 227. The lowest BCUT2D eigenvalue weighted by atomic mass is 10.5. The number of nitrogens with one attached hydrogen (secondary N) is 2. The van der Waals surface area contributed by atoms with Crippen molar-refractivity contribution in [3.8, 4) is 11.8 Å². The summed E-state index contributed by atoms with van der Waals surface area (Å²) in [6, 6.07) is 0. The SMILES string of the molecule is CNCC#Cc1ncc[nH]1. The highest BCUT2D eigenvalue weighted by Gasteiger charge is 1.81. The molecule has 0 atom stereocenters. The van der Waals surface area contributed by atoms with Gasteiger partial charge in [0, 0.05) is 12.4 Å². The predicted molar refractivity (Wildman–Crippen MR) is 39.4 cm³/mol. The quantitative estimate of drug-likeness (QED) is 0.531. The van der Waals surface area contributed by atoms with E-state index in [4.69, 9.17) is 0 Å². The van der Waals surface area contributed by atoms with E-state index in [1.54, 1.807) is 12.4 Å². The van der Waals surface area contributed by atoms with Gasteiger partial charge in [0.1, 0.15) is 0 Å². The second kappa shape index (κ2) is 3.70. The minimum Gasteiger partial charge on any atom is -0.338 e. The van der Waals surface area contributed by atoms with Gasteiger partial charge in [0.2, 0.25) is 0 Å². The Balaban J connectivity index is 2.49. The zero-order valence-electron chi connectivity index (χ0n) is 5.81. The molecule has 0 spiro atoms. The summed E-state index contributed by atoms with van der Waals surface area (Å²) in [6.07, 6.45) is 3.44. The largest absolute Gasteiger partial charge is 0.338 e. The molecule has 1 aromatic heterocycles. The molecule has 0 saturated carbocycles. The van der Waals surface area contributed by atoms with Gasteiger partial charge < -0.3 is 10.3 Å². The molecule has 0 aliphatic heterocycles. The second-order valence-corrected chi connectivity index (χ2v) is 1.77. The standard InChI is InChI=1S/C7H9N3/c1-8-4-2-3-7-9-5-6-10-7/h5-6,8H,4H2,1H3,(H,9,10). The van der Waals surface area contributed by atoms with Gasteiger partial charge in [-0.15, -0.1) is 0 Å². The van der Waals surface area contributed by atoms with E-state index in [0.29, 0.717) is 6.54 Å². The molecule has 2 N–H and O–H groups in total. The van der Waals surface area contributed by atoms with Crippen molar-refractivity contribution in [2.75, 3.05) is 13.6 Å². The number of aromatic nitrogens is 2. The van der Waals surface area contributed by atoms with Crippen molar-refractivity contribution in [2.24, 2.45) is 0 Å². The van der Waals surface area contributed by atoms with Crippen molar-refractivity contribution >= 4 is 0 Å². The number of rotatable bonds is 1. The van der Waals surface area contributed by atoms with Gasteiger partial charge in [-0.25, -0.2) is 4.98 Å². The first kappa shape index (κ1) is 6.84. The number of aromatic amines is 1. The molecule has 0 fully saturated rings. The first-order valence-corrected chi connectivity index (χ1v) is 3.06. The van der Waals surface area contributed by atoms with Crippen LogP contribution in [0.3, 0.4) is 0 Å². The lowest BCUT2D eigenvalue weighted by Gasteiger charge is -1.80. The van der Waals surface area contributed by atoms with E-state index in [2.05, 4.69) is 27.1 Å². The maximum atomic E-state index is 3.93. The Morgan fingerprint density at radius 2 is 2.70 bits per heavy atom. The summed E-state index contributed by atoms with van der Waals surface area (Å²) in [7, 11) is 1.86. The monoisotopic (exact) mass is 135 g/mol. The molecule has 0 bridgehead atoms. The zero-order valence-corrected chi connectivity index (χ0v) is 5.81. The molecule has 1 rings (SSSR count). The van der Waals surface area contributed by atoms with Gasteiger partial charge in [-0.3, -0.25) is 0 Å². The van der Waals surface area contributed by atoms with Crippen LogP contribution in [0.1, 0.15) is 5.82 Å². The van der Waals surface area contributed by atoms with Gasteiger partial charge in [0.25, 0.3) is 0 Å². The number of hydrogen-bond acceptors (Lipinski definition) is 2. The fraction of sp³-hybridized carbons (Fsp3) is 0.286. The van der Waals surface area contributed by atoms with Crippen LogP contribution in [0.25, 0.3) is 0 Å². The molecular weight excluding hydrogens is 126 g/mol. The van der Waals surface area contributed by atoms with Crippen LogP contribution in [0.15, 0.2) is 12.4 Å². The van der Waals surface area contributed by atoms with E-state index in [1.807, 2.05) is 7.05 Å². The topological polar surface area (TPSA) is 40.7 Å². The van der Waals surface area contributed by atoms with Gasteiger partial charge in [-0.1, -0.05) is 5.92 Å². The molecule has 0 amide bonds. The van der Waals surface area contributed by atoms with Crippen molar-refractivity contribution < 1.29 is 0 Å². The lowest BCUT2D eigenvalue weighted by Crippen LogP contribution is -2.04. The van der Waals surface area contributed by atoms with E-state index < -0.39 is 0 Å². The minimum atomic E-state index is 0.695. The molecule has 10 heavy (non-hydrogen) atoms. The highest BCUT2D eigenvalue weighted by Crippen LogP contribution is 1.81. The molecule has 0 aromatic carbocycles. The fourth-order valence-electron chi connectivity index (χ4n) is 0.550. The summed E-state index contributed by atoms with van der Waals surface area (Å²) in [4.78, 5) is 6.81. The zero-order chi connectivity index (χ0) is 7.23. The van der Waals surface area contributed by atoms with E-state index >= 15 is 0 Å². The van der Waals surface area contributed by atoms with Crippen molar-refractivity contribution in [1.29, 1.82) is 0 Å². The van der Waals surface area contributed by atoms with Crippen LogP contribution >= 0.6 is 0 Å². The fourth-order valence-corrected chi connectivity index (χ4v) is 0.550. The van der Waals surface area contributed by atoms with Crippen molar-refractivity contribution in [3.05, 3.63) is 18.2 Å². The Kier molecular flexibility index (Phi) is 2.53. The Morgan fingerprint density at radius 1 is 1.80 bits per heavy atom. The van der Waals surface area contributed by atoms with Crippen molar-refractivity contribution in [1.82, 2.24) is 15.3 Å². The van der Waals surface area contributed by atoms with Gasteiger partial charge in [0.15, 0.2) is 5.82 Å². The maximum absolute atomic E-state index is 3.93. The average Bonchev–Trinajstić information content (AvgIpc) is 2.41. The van der Waals surface area contributed by atoms with Crippen LogP contribution in [0.4, 0.5) is 0 Å². The molecule has 0 aliphatic carbocycles. The van der Waals surface area contributed by atoms with Crippen LogP contribution in [-0.2, 0) is 0 Å². The van der Waals surface area contributed by atoms with Crippen LogP contribution < -0.4 is 5.32 Å². The molecule has 1 heterocycles. The van der Waals surface area contributed by atoms with Gasteiger partial charge in [0.05, 0.1) is 6.54 Å². The first-order valence-electron chi connectivity index (χ1n) is 3.06. The van der Waals surface area contributed by atoms with E-state index in [-0.39, 0.29) is 0 Å². The molecular formula is C7H9N3. The maximum Gasteiger partial charge on any atom is 0.182 e. The van der Waals surface area contributed by atoms with Gasteiger partial charge in [-0.05, 0) is 13.0 Å².